The smallest absolute Gasteiger partial charge is 0.362 e. The summed E-state index contributed by atoms with van der Waals surface area (Å²) in [5.41, 5.74) is -3.89. The van der Waals surface area contributed by atoms with Crippen molar-refractivity contribution < 1.29 is 27.9 Å². The van der Waals surface area contributed by atoms with Crippen LogP contribution >= 0.6 is 11.6 Å². The summed E-state index contributed by atoms with van der Waals surface area (Å²) < 4.78 is 44.0. The lowest BCUT2D eigenvalue weighted by atomic mass is 9.76. The van der Waals surface area contributed by atoms with Gasteiger partial charge < -0.3 is 10.4 Å². The second-order valence-electron chi connectivity index (χ2n) is 7.58. The maximum absolute atomic E-state index is 14.7. The number of carbonyl (C=O) groups is 2. The molecule has 170 valence electrons. The molecule has 33 heavy (non-hydrogen) atoms. The summed E-state index contributed by atoms with van der Waals surface area (Å²) in [6, 6.07) is 17.3. The maximum Gasteiger partial charge on any atom is 0.437 e. The first kappa shape index (κ1) is 22.8. The van der Waals surface area contributed by atoms with E-state index in [1.165, 1.54) is 72.8 Å². The lowest BCUT2D eigenvalue weighted by Gasteiger charge is -2.51. The maximum atomic E-state index is 14.7. The van der Waals surface area contributed by atoms with Gasteiger partial charge in [0.2, 0.25) is 0 Å². The summed E-state index contributed by atoms with van der Waals surface area (Å²) in [6.07, 6.45) is -5.37. The van der Waals surface area contributed by atoms with E-state index in [2.05, 4.69) is 5.32 Å². The SMILES string of the molecule is O=C(c1ccccc1)[C@@H]1[C@@H](c2ccc(Cl)cc2)NC(=O)N(c2ccccc2)[C@]1(O)C(F)(F)F. The zero-order chi connectivity index (χ0) is 23.8. The monoisotopic (exact) mass is 474 g/mol. The van der Waals surface area contributed by atoms with E-state index in [1.54, 1.807) is 12.1 Å². The number of Topliss-reactive ketones (excluding diaryl/α,β-unsaturated/α-hetero) is 1. The Hall–Kier alpha value is -3.36. The average molecular weight is 475 g/mol. The fourth-order valence-electron chi connectivity index (χ4n) is 4.06. The van der Waals surface area contributed by atoms with Crippen molar-refractivity contribution in [3.63, 3.8) is 0 Å². The Morgan fingerprint density at radius 2 is 1.48 bits per heavy atom. The van der Waals surface area contributed by atoms with Crippen LogP contribution in [0.4, 0.5) is 23.7 Å². The molecule has 0 saturated carbocycles. The van der Waals surface area contributed by atoms with Gasteiger partial charge in [-0.25, -0.2) is 4.79 Å². The molecule has 0 spiro atoms. The van der Waals surface area contributed by atoms with Crippen LogP contribution in [0.25, 0.3) is 0 Å². The van der Waals surface area contributed by atoms with Gasteiger partial charge >= 0.3 is 12.2 Å². The Morgan fingerprint density at radius 3 is 2.03 bits per heavy atom. The van der Waals surface area contributed by atoms with E-state index >= 15 is 0 Å². The van der Waals surface area contributed by atoms with Gasteiger partial charge in [-0.15, -0.1) is 0 Å². The number of rotatable bonds is 4. The predicted molar refractivity (Wildman–Crippen MR) is 117 cm³/mol. The number of para-hydroxylation sites is 1. The minimum atomic E-state index is -5.37. The highest BCUT2D eigenvalue weighted by Crippen LogP contribution is 2.49. The van der Waals surface area contributed by atoms with E-state index < -0.39 is 35.7 Å². The van der Waals surface area contributed by atoms with Crippen molar-refractivity contribution in [1.82, 2.24) is 5.32 Å². The Kier molecular flexibility index (Phi) is 5.90. The lowest BCUT2D eigenvalue weighted by molar-refractivity contribution is -0.275. The number of ketones is 1. The summed E-state index contributed by atoms with van der Waals surface area (Å²) in [5.74, 6) is -3.10. The third-order valence-corrected chi connectivity index (χ3v) is 5.84. The second-order valence-corrected chi connectivity index (χ2v) is 8.02. The molecular weight excluding hydrogens is 457 g/mol. The highest BCUT2D eigenvalue weighted by Gasteiger charge is 2.70. The molecule has 0 radical (unpaired) electrons. The minimum Gasteiger partial charge on any atom is -0.362 e. The van der Waals surface area contributed by atoms with Crippen molar-refractivity contribution >= 4 is 29.1 Å². The normalized spacial score (nSPS) is 23.2. The number of alkyl halides is 3. The van der Waals surface area contributed by atoms with Crippen molar-refractivity contribution in [2.24, 2.45) is 5.92 Å². The molecule has 3 atom stereocenters. The molecule has 1 heterocycles. The number of amides is 2. The topological polar surface area (TPSA) is 69.6 Å². The molecule has 5 nitrogen and oxygen atoms in total. The fraction of sp³-hybridized carbons (Fsp3) is 0.167. The Bertz CT molecular complexity index is 1160. The minimum absolute atomic E-state index is 0.0340. The number of halogens is 4. The van der Waals surface area contributed by atoms with Crippen molar-refractivity contribution in [1.29, 1.82) is 0 Å². The zero-order valence-corrected chi connectivity index (χ0v) is 17.7. The van der Waals surface area contributed by atoms with Crippen molar-refractivity contribution in [3.05, 3.63) is 101 Å². The molecule has 2 amide bonds. The van der Waals surface area contributed by atoms with Crippen molar-refractivity contribution in [2.45, 2.75) is 17.9 Å². The van der Waals surface area contributed by atoms with Crippen LogP contribution in [-0.4, -0.2) is 28.8 Å². The molecule has 1 aliphatic rings. The van der Waals surface area contributed by atoms with Gasteiger partial charge in [-0.1, -0.05) is 72.3 Å². The number of aliphatic hydroxyl groups is 1. The average Bonchev–Trinajstić information content (AvgIpc) is 2.79. The first-order valence-corrected chi connectivity index (χ1v) is 10.3. The third-order valence-electron chi connectivity index (χ3n) is 5.59. The summed E-state index contributed by atoms with van der Waals surface area (Å²) >= 11 is 5.91. The quantitative estimate of drug-likeness (QED) is 0.500. The third kappa shape index (κ3) is 3.96. The summed E-state index contributed by atoms with van der Waals surface area (Å²) in [7, 11) is 0. The van der Waals surface area contributed by atoms with Crippen molar-refractivity contribution in [3.8, 4) is 0 Å². The number of benzene rings is 3. The standard InChI is InChI=1S/C24H18ClF3N2O3/c25-17-13-11-15(12-14-17)20-19(21(31)16-7-3-1-4-8-16)23(33,24(26,27)28)30(22(32)29-20)18-9-5-2-6-10-18/h1-14,19-20,33H,(H,29,32)/t19-,20+,23+/m0/s1. The predicted octanol–water partition coefficient (Wildman–Crippen LogP) is 5.36. The molecular formula is C24H18ClF3N2O3. The van der Waals surface area contributed by atoms with Gasteiger partial charge in [-0.2, -0.15) is 13.2 Å². The summed E-state index contributed by atoms with van der Waals surface area (Å²) in [6.45, 7) is 0. The zero-order valence-electron chi connectivity index (χ0n) is 17.0. The number of urea groups is 1. The molecule has 0 unspecified atom stereocenters. The van der Waals surface area contributed by atoms with Gasteiger partial charge in [0.1, 0.15) is 5.92 Å². The van der Waals surface area contributed by atoms with Gasteiger partial charge in [-0.3, -0.25) is 9.69 Å². The first-order chi connectivity index (χ1) is 15.6. The van der Waals surface area contributed by atoms with E-state index in [0.29, 0.717) is 5.02 Å². The summed E-state index contributed by atoms with van der Waals surface area (Å²) in [5, 5.41) is 14.2. The van der Waals surface area contributed by atoms with Crippen LogP contribution in [0.1, 0.15) is 22.0 Å². The van der Waals surface area contributed by atoms with Crippen LogP contribution in [-0.2, 0) is 0 Å². The number of carbonyl (C=O) groups excluding carboxylic acids is 2. The fourth-order valence-corrected chi connectivity index (χ4v) is 4.19. The van der Waals surface area contributed by atoms with Crippen LogP contribution in [0.3, 0.4) is 0 Å². The molecule has 4 rings (SSSR count). The Morgan fingerprint density at radius 1 is 0.939 bits per heavy atom. The molecule has 1 aliphatic heterocycles. The second kappa shape index (κ2) is 8.53. The number of anilines is 1. The lowest BCUT2D eigenvalue weighted by Crippen LogP contribution is -2.74. The number of hydrogen-bond acceptors (Lipinski definition) is 3. The molecule has 9 heteroatoms. The molecule has 1 fully saturated rings. The Balaban J connectivity index is 1.96. The first-order valence-electron chi connectivity index (χ1n) is 9.94. The van der Waals surface area contributed by atoms with Gasteiger partial charge in [0.05, 0.1) is 6.04 Å². The molecule has 3 aromatic carbocycles. The molecule has 0 aromatic heterocycles. The van der Waals surface area contributed by atoms with Crippen LogP contribution in [0.2, 0.25) is 5.02 Å². The van der Waals surface area contributed by atoms with E-state index in [-0.39, 0.29) is 21.7 Å². The van der Waals surface area contributed by atoms with Crippen LogP contribution in [0, 0.1) is 5.92 Å². The highest BCUT2D eigenvalue weighted by atomic mass is 35.5. The van der Waals surface area contributed by atoms with Crippen LogP contribution < -0.4 is 10.2 Å². The van der Waals surface area contributed by atoms with E-state index in [0.717, 1.165) is 0 Å². The molecule has 1 saturated heterocycles. The highest BCUT2D eigenvalue weighted by molar-refractivity contribution is 6.30. The molecule has 3 aromatic rings. The van der Waals surface area contributed by atoms with Gasteiger partial charge in [-0.05, 0) is 29.8 Å². The van der Waals surface area contributed by atoms with Gasteiger partial charge in [0, 0.05) is 16.3 Å². The molecule has 2 N–H and O–H groups in total. The van der Waals surface area contributed by atoms with Crippen molar-refractivity contribution in [2.75, 3.05) is 4.90 Å². The van der Waals surface area contributed by atoms with Crippen LogP contribution in [0.5, 0.6) is 0 Å². The number of nitrogens with one attached hydrogen (secondary N) is 1. The van der Waals surface area contributed by atoms with E-state index in [1.807, 2.05) is 0 Å². The number of hydrogen-bond donors (Lipinski definition) is 2. The van der Waals surface area contributed by atoms with Gasteiger partial charge in [0.15, 0.2) is 5.78 Å². The summed E-state index contributed by atoms with van der Waals surface area (Å²) in [4.78, 5) is 26.8. The number of nitrogens with zero attached hydrogens (tertiary/aromatic N) is 1. The van der Waals surface area contributed by atoms with E-state index in [4.69, 9.17) is 11.6 Å². The van der Waals surface area contributed by atoms with E-state index in [9.17, 15) is 27.9 Å². The molecule has 0 bridgehead atoms. The largest absolute Gasteiger partial charge is 0.437 e. The van der Waals surface area contributed by atoms with Gasteiger partial charge in [0.25, 0.3) is 5.72 Å². The molecule has 0 aliphatic carbocycles. The Labute approximate surface area is 192 Å². The van der Waals surface area contributed by atoms with Crippen LogP contribution in [0.15, 0.2) is 84.9 Å².